The summed E-state index contributed by atoms with van der Waals surface area (Å²) in [7, 11) is 0. The maximum atomic E-state index is 12.9. The van der Waals surface area contributed by atoms with E-state index >= 15 is 0 Å². The molecule has 0 fully saturated rings. The highest BCUT2D eigenvalue weighted by molar-refractivity contribution is 6.20. The van der Waals surface area contributed by atoms with E-state index in [9.17, 15) is 4.79 Å². The Bertz CT molecular complexity index is 837. The van der Waals surface area contributed by atoms with Crippen LogP contribution in [-0.2, 0) is 4.79 Å². The highest BCUT2D eigenvalue weighted by atomic mass is 16.2. The molecule has 0 bridgehead atoms. The number of carbonyl (C=O) groups excluding carboxylic acids is 1. The van der Waals surface area contributed by atoms with Crippen molar-refractivity contribution in [2.75, 3.05) is 4.90 Å². The molecule has 0 N–H and O–H groups in total. The molecule has 0 radical (unpaired) electrons. The van der Waals surface area contributed by atoms with Gasteiger partial charge >= 0.3 is 0 Å². The summed E-state index contributed by atoms with van der Waals surface area (Å²) in [5, 5.41) is 3.62. The molecular formula is C18H17N5O. The van der Waals surface area contributed by atoms with Gasteiger partial charge in [0.15, 0.2) is 0 Å². The molecule has 0 saturated heterocycles. The van der Waals surface area contributed by atoms with Gasteiger partial charge in [-0.3, -0.25) is 9.79 Å². The standard InChI is InChI=1S/C18H17N5O/c1-12(2)23-15-11-7-6-10-14(15)16(13-8-4-3-5-9-13)20-17(18(23)24)21-22-19/h3-12,17H,1-2H3. The number of hydrogen-bond donors (Lipinski definition) is 0. The molecule has 6 nitrogen and oxygen atoms in total. The molecule has 1 amide bonds. The SMILES string of the molecule is CC(C)N1C(=O)C(N=[N+]=[N-])N=C(c2ccccc2)c2ccccc21. The number of carbonyl (C=O) groups is 1. The second kappa shape index (κ2) is 6.56. The number of amides is 1. The fourth-order valence-corrected chi connectivity index (χ4v) is 2.86. The van der Waals surface area contributed by atoms with E-state index < -0.39 is 6.17 Å². The van der Waals surface area contributed by atoms with Crippen molar-refractivity contribution in [3.63, 3.8) is 0 Å². The predicted molar refractivity (Wildman–Crippen MR) is 94.1 cm³/mol. The molecule has 1 aliphatic heterocycles. The fourth-order valence-electron chi connectivity index (χ4n) is 2.86. The number of anilines is 1. The van der Waals surface area contributed by atoms with E-state index in [-0.39, 0.29) is 11.9 Å². The first kappa shape index (κ1) is 15.8. The molecule has 1 aliphatic rings. The second-order valence-corrected chi connectivity index (χ2v) is 5.74. The zero-order chi connectivity index (χ0) is 17.1. The van der Waals surface area contributed by atoms with Crippen LogP contribution in [0.1, 0.15) is 25.0 Å². The quantitative estimate of drug-likeness (QED) is 0.479. The lowest BCUT2D eigenvalue weighted by molar-refractivity contribution is -0.119. The fraction of sp³-hybridized carbons (Fsp3) is 0.222. The van der Waals surface area contributed by atoms with E-state index in [0.29, 0.717) is 5.71 Å². The Morgan fingerprint density at radius 1 is 1.12 bits per heavy atom. The number of aliphatic imine (C=N–C) groups is 1. The van der Waals surface area contributed by atoms with E-state index in [0.717, 1.165) is 16.8 Å². The Labute approximate surface area is 140 Å². The number of para-hydroxylation sites is 1. The Morgan fingerprint density at radius 3 is 2.46 bits per heavy atom. The Hall–Kier alpha value is -3.11. The third-order valence-electron chi connectivity index (χ3n) is 3.85. The van der Waals surface area contributed by atoms with Crippen molar-refractivity contribution in [3.8, 4) is 0 Å². The largest absolute Gasteiger partial charge is 0.307 e. The molecule has 0 spiro atoms. The Balaban J connectivity index is 2.29. The van der Waals surface area contributed by atoms with E-state index in [1.54, 1.807) is 4.90 Å². The van der Waals surface area contributed by atoms with Crippen molar-refractivity contribution in [2.45, 2.75) is 26.1 Å². The van der Waals surface area contributed by atoms with E-state index in [1.165, 1.54) is 0 Å². The van der Waals surface area contributed by atoms with Crippen molar-refractivity contribution in [3.05, 3.63) is 76.2 Å². The van der Waals surface area contributed by atoms with Crippen molar-refractivity contribution in [1.29, 1.82) is 0 Å². The molecule has 6 heteroatoms. The highest BCUT2D eigenvalue weighted by Crippen LogP contribution is 2.30. The van der Waals surface area contributed by atoms with Gasteiger partial charge in [0, 0.05) is 22.1 Å². The minimum absolute atomic E-state index is 0.0830. The molecule has 0 aliphatic carbocycles. The highest BCUT2D eigenvalue weighted by Gasteiger charge is 2.32. The zero-order valence-electron chi connectivity index (χ0n) is 13.5. The summed E-state index contributed by atoms with van der Waals surface area (Å²) in [4.78, 5) is 21.8. The van der Waals surface area contributed by atoms with E-state index in [1.807, 2.05) is 68.4 Å². The number of benzodiazepines with no additional fused rings is 1. The van der Waals surface area contributed by atoms with Crippen LogP contribution in [0, 0.1) is 0 Å². The van der Waals surface area contributed by atoms with Crippen molar-refractivity contribution < 1.29 is 4.79 Å². The average Bonchev–Trinajstić information content (AvgIpc) is 2.71. The van der Waals surface area contributed by atoms with Crippen LogP contribution in [0.4, 0.5) is 5.69 Å². The third-order valence-corrected chi connectivity index (χ3v) is 3.85. The first-order valence-electron chi connectivity index (χ1n) is 7.73. The van der Waals surface area contributed by atoms with Crippen LogP contribution in [0.5, 0.6) is 0 Å². The van der Waals surface area contributed by atoms with Gasteiger partial charge in [-0.25, -0.2) is 0 Å². The van der Waals surface area contributed by atoms with Gasteiger partial charge < -0.3 is 4.90 Å². The predicted octanol–water partition coefficient (Wildman–Crippen LogP) is 3.92. The smallest absolute Gasteiger partial charge is 0.258 e. The summed E-state index contributed by atoms with van der Waals surface area (Å²) in [5.74, 6) is -0.318. The van der Waals surface area contributed by atoms with E-state index in [2.05, 4.69) is 15.0 Å². The monoisotopic (exact) mass is 319 g/mol. The number of nitrogens with zero attached hydrogens (tertiary/aromatic N) is 5. The number of hydrogen-bond acceptors (Lipinski definition) is 3. The molecule has 1 atom stereocenters. The van der Waals surface area contributed by atoms with Crippen LogP contribution in [0.3, 0.4) is 0 Å². The van der Waals surface area contributed by atoms with Crippen LogP contribution < -0.4 is 4.90 Å². The van der Waals surface area contributed by atoms with Gasteiger partial charge in [-0.1, -0.05) is 53.6 Å². The normalized spacial score (nSPS) is 17.0. The van der Waals surface area contributed by atoms with Gasteiger partial charge in [0.05, 0.1) is 11.4 Å². The minimum Gasteiger partial charge on any atom is -0.307 e. The summed E-state index contributed by atoms with van der Waals surface area (Å²) in [6.45, 7) is 3.85. The Kier molecular flexibility index (Phi) is 4.31. The second-order valence-electron chi connectivity index (χ2n) is 5.74. The van der Waals surface area contributed by atoms with Crippen LogP contribution in [0.15, 0.2) is 64.7 Å². The number of azide groups is 1. The first-order chi connectivity index (χ1) is 11.6. The lowest BCUT2D eigenvalue weighted by Crippen LogP contribution is -2.41. The Morgan fingerprint density at radius 2 is 1.79 bits per heavy atom. The minimum atomic E-state index is -1.11. The topological polar surface area (TPSA) is 81.4 Å². The molecule has 0 saturated carbocycles. The maximum absolute atomic E-state index is 12.9. The van der Waals surface area contributed by atoms with Gasteiger partial charge in [0.2, 0.25) is 6.17 Å². The lowest BCUT2D eigenvalue weighted by atomic mass is 10.00. The molecule has 120 valence electrons. The van der Waals surface area contributed by atoms with E-state index in [4.69, 9.17) is 5.53 Å². The van der Waals surface area contributed by atoms with Gasteiger partial charge in [-0.15, -0.1) is 0 Å². The third kappa shape index (κ3) is 2.75. The van der Waals surface area contributed by atoms with Crippen LogP contribution in [-0.4, -0.2) is 23.8 Å². The summed E-state index contributed by atoms with van der Waals surface area (Å²) < 4.78 is 0. The molecule has 0 aromatic heterocycles. The molecule has 2 aromatic rings. The van der Waals surface area contributed by atoms with Gasteiger partial charge in [0.1, 0.15) is 0 Å². The first-order valence-corrected chi connectivity index (χ1v) is 7.73. The van der Waals surface area contributed by atoms with Crippen molar-refractivity contribution >= 4 is 17.3 Å². The molecule has 1 heterocycles. The van der Waals surface area contributed by atoms with Crippen molar-refractivity contribution in [2.24, 2.45) is 10.1 Å². The average molecular weight is 319 g/mol. The van der Waals surface area contributed by atoms with Gasteiger partial charge in [0.25, 0.3) is 5.91 Å². The molecule has 24 heavy (non-hydrogen) atoms. The number of rotatable bonds is 3. The van der Waals surface area contributed by atoms with Crippen LogP contribution >= 0.6 is 0 Å². The summed E-state index contributed by atoms with van der Waals surface area (Å²) in [5.41, 5.74) is 12.0. The number of benzene rings is 2. The zero-order valence-corrected chi connectivity index (χ0v) is 13.5. The molecule has 3 rings (SSSR count). The molecular weight excluding hydrogens is 302 g/mol. The maximum Gasteiger partial charge on any atom is 0.258 e. The van der Waals surface area contributed by atoms with Gasteiger partial charge in [-0.05, 0) is 25.4 Å². The summed E-state index contributed by atoms with van der Waals surface area (Å²) >= 11 is 0. The summed E-state index contributed by atoms with van der Waals surface area (Å²) in [6.07, 6.45) is -1.11. The lowest BCUT2D eigenvalue weighted by Gasteiger charge is -2.28. The van der Waals surface area contributed by atoms with Crippen molar-refractivity contribution in [1.82, 2.24) is 0 Å². The molecule has 2 aromatic carbocycles. The van der Waals surface area contributed by atoms with Crippen LogP contribution in [0.25, 0.3) is 10.4 Å². The summed E-state index contributed by atoms with van der Waals surface area (Å²) in [6, 6.07) is 17.1. The number of fused-ring (bicyclic) bond motifs is 1. The van der Waals surface area contributed by atoms with Crippen LogP contribution in [0.2, 0.25) is 0 Å². The molecule has 1 unspecified atom stereocenters. The van der Waals surface area contributed by atoms with Gasteiger partial charge in [-0.2, -0.15) is 0 Å².